The lowest BCUT2D eigenvalue weighted by Crippen LogP contribution is -2.03. The zero-order chi connectivity index (χ0) is 15.1. The lowest BCUT2D eigenvalue weighted by atomic mass is 10.2. The van der Waals surface area contributed by atoms with Gasteiger partial charge in [0.25, 0.3) is 0 Å². The van der Waals surface area contributed by atoms with Crippen LogP contribution in [0.1, 0.15) is 5.56 Å². The first-order valence-electron chi connectivity index (χ1n) is 5.97. The molecule has 1 N–H and O–H groups in total. The maximum absolute atomic E-state index is 13.7. The van der Waals surface area contributed by atoms with Crippen molar-refractivity contribution in [2.24, 2.45) is 0 Å². The van der Waals surface area contributed by atoms with Crippen molar-refractivity contribution in [3.63, 3.8) is 0 Å². The van der Waals surface area contributed by atoms with Crippen molar-refractivity contribution in [3.8, 4) is 0 Å². The molecule has 0 aliphatic carbocycles. The Morgan fingerprint density at radius 3 is 2.48 bits per heavy atom. The quantitative estimate of drug-likeness (QED) is 0.552. The summed E-state index contributed by atoms with van der Waals surface area (Å²) in [5.41, 5.74) is 0.219. The molecule has 3 aromatic rings. The molecule has 0 amide bonds. The second-order valence-corrected chi connectivity index (χ2v) is 4.92. The predicted molar refractivity (Wildman–Crippen MR) is 72.5 cm³/mol. The molecule has 0 fully saturated rings. The summed E-state index contributed by atoms with van der Waals surface area (Å²) in [6.07, 6.45) is 0. The number of aromatic nitrogens is 2. The fourth-order valence-electron chi connectivity index (χ4n) is 2.17. The van der Waals surface area contributed by atoms with Crippen molar-refractivity contribution in [3.05, 3.63) is 63.9 Å². The van der Waals surface area contributed by atoms with Crippen molar-refractivity contribution in [1.82, 2.24) is 9.55 Å². The van der Waals surface area contributed by atoms with E-state index in [-0.39, 0.29) is 27.9 Å². The number of nitrogens with one attached hydrogen (secondary N) is 1. The fourth-order valence-corrected chi connectivity index (χ4v) is 2.44. The minimum absolute atomic E-state index is 0.0261. The summed E-state index contributed by atoms with van der Waals surface area (Å²) in [5.74, 6) is -2.79. The van der Waals surface area contributed by atoms with Gasteiger partial charge in [0.1, 0.15) is 23.0 Å². The average Bonchev–Trinajstić information content (AvgIpc) is 2.72. The number of nitrogens with zero attached hydrogens (tertiary/aromatic N) is 1. The molecule has 0 aliphatic rings. The molecule has 2 aromatic carbocycles. The summed E-state index contributed by atoms with van der Waals surface area (Å²) in [4.78, 5) is 2.60. The molecule has 0 saturated heterocycles. The van der Waals surface area contributed by atoms with Crippen molar-refractivity contribution < 1.29 is 17.6 Å². The summed E-state index contributed by atoms with van der Waals surface area (Å²) >= 11 is 5.03. The SMILES string of the molecule is Fc1ccc(F)c(Cn2c(=S)[nH]c3c(F)cc(F)cc32)c1. The summed E-state index contributed by atoms with van der Waals surface area (Å²) in [5, 5.41) is 0. The highest BCUT2D eigenvalue weighted by atomic mass is 32.1. The van der Waals surface area contributed by atoms with Crippen LogP contribution in [-0.2, 0) is 6.54 Å². The topological polar surface area (TPSA) is 20.7 Å². The number of fused-ring (bicyclic) bond motifs is 1. The predicted octanol–water partition coefficient (Wildman–Crippen LogP) is 4.30. The van der Waals surface area contributed by atoms with Crippen LogP contribution in [0, 0.1) is 28.0 Å². The van der Waals surface area contributed by atoms with Crippen molar-refractivity contribution in [1.29, 1.82) is 0 Å². The molecule has 0 unspecified atom stereocenters. The van der Waals surface area contributed by atoms with Gasteiger partial charge in [0, 0.05) is 11.6 Å². The molecular weight excluding hydrogens is 304 g/mol. The van der Waals surface area contributed by atoms with Crippen molar-refractivity contribution >= 4 is 23.3 Å². The van der Waals surface area contributed by atoms with Crippen LogP contribution in [0.15, 0.2) is 30.3 Å². The van der Waals surface area contributed by atoms with E-state index >= 15 is 0 Å². The lowest BCUT2D eigenvalue weighted by Gasteiger charge is -2.06. The molecule has 0 bridgehead atoms. The van der Waals surface area contributed by atoms with Gasteiger partial charge in [0.15, 0.2) is 10.6 Å². The third-order valence-electron chi connectivity index (χ3n) is 3.14. The Kier molecular flexibility index (Phi) is 3.29. The number of halogens is 4. The van der Waals surface area contributed by atoms with Gasteiger partial charge in [-0.05, 0) is 36.5 Å². The molecule has 0 aliphatic heterocycles. The standard InChI is InChI=1S/C14H8F4N2S/c15-8-1-2-10(17)7(3-8)6-20-12-5-9(16)4-11(18)13(12)19-14(20)21/h1-5H,6H2,(H,19,21). The molecule has 0 atom stereocenters. The third-order valence-corrected chi connectivity index (χ3v) is 3.46. The van der Waals surface area contributed by atoms with Gasteiger partial charge in [-0.3, -0.25) is 0 Å². The minimum atomic E-state index is -0.797. The summed E-state index contributed by atoms with van der Waals surface area (Å²) < 4.78 is 55.3. The maximum atomic E-state index is 13.7. The Labute approximate surface area is 121 Å². The Morgan fingerprint density at radius 2 is 1.71 bits per heavy atom. The summed E-state index contributed by atoms with van der Waals surface area (Å²) in [7, 11) is 0. The second kappa shape index (κ2) is 5.00. The van der Waals surface area contributed by atoms with E-state index in [4.69, 9.17) is 12.2 Å². The van der Waals surface area contributed by atoms with Gasteiger partial charge in [0.05, 0.1) is 12.1 Å². The van der Waals surface area contributed by atoms with E-state index in [0.29, 0.717) is 0 Å². The highest BCUT2D eigenvalue weighted by Gasteiger charge is 2.13. The highest BCUT2D eigenvalue weighted by Crippen LogP contribution is 2.21. The molecule has 21 heavy (non-hydrogen) atoms. The van der Waals surface area contributed by atoms with E-state index in [1.54, 1.807) is 0 Å². The number of imidazole rings is 1. The molecule has 0 spiro atoms. The first-order valence-corrected chi connectivity index (χ1v) is 6.38. The van der Waals surface area contributed by atoms with Gasteiger partial charge < -0.3 is 9.55 Å². The van der Waals surface area contributed by atoms with E-state index in [2.05, 4.69) is 4.98 Å². The first-order chi connectivity index (χ1) is 9.95. The fraction of sp³-hybridized carbons (Fsp3) is 0.0714. The molecule has 3 rings (SSSR count). The Balaban J connectivity index is 2.19. The van der Waals surface area contributed by atoms with Crippen LogP contribution in [0.5, 0.6) is 0 Å². The maximum Gasteiger partial charge on any atom is 0.178 e. The summed E-state index contributed by atoms with van der Waals surface area (Å²) in [6.45, 7) is -0.134. The van der Waals surface area contributed by atoms with Crippen molar-refractivity contribution in [2.75, 3.05) is 0 Å². The van der Waals surface area contributed by atoms with Gasteiger partial charge in [-0.1, -0.05) is 0 Å². The van der Waals surface area contributed by atoms with Crippen LogP contribution in [0.2, 0.25) is 0 Å². The Bertz CT molecular complexity index is 898. The normalized spacial score (nSPS) is 11.2. The lowest BCUT2D eigenvalue weighted by molar-refractivity contribution is 0.577. The van der Waals surface area contributed by atoms with Gasteiger partial charge in [-0.2, -0.15) is 0 Å². The smallest absolute Gasteiger partial charge is 0.178 e. The molecule has 1 heterocycles. The first kappa shape index (κ1) is 13.8. The molecule has 1 aromatic heterocycles. The average molecular weight is 312 g/mol. The van der Waals surface area contributed by atoms with E-state index in [1.807, 2.05) is 0 Å². The second-order valence-electron chi connectivity index (χ2n) is 4.53. The molecule has 0 radical (unpaired) electrons. The molecular formula is C14H8F4N2S. The number of aromatic amines is 1. The Hall–Kier alpha value is -2.15. The van der Waals surface area contributed by atoms with Gasteiger partial charge >= 0.3 is 0 Å². The molecule has 7 heteroatoms. The van der Waals surface area contributed by atoms with Gasteiger partial charge in [-0.25, -0.2) is 17.6 Å². The minimum Gasteiger partial charge on any atom is -0.328 e. The van der Waals surface area contributed by atoms with Crippen LogP contribution < -0.4 is 0 Å². The van der Waals surface area contributed by atoms with Crippen LogP contribution in [0.4, 0.5) is 17.6 Å². The van der Waals surface area contributed by atoms with Crippen LogP contribution >= 0.6 is 12.2 Å². The molecule has 0 saturated carbocycles. The highest BCUT2D eigenvalue weighted by molar-refractivity contribution is 7.71. The van der Waals surface area contributed by atoms with E-state index in [1.165, 1.54) is 4.57 Å². The number of H-pyrrole nitrogens is 1. The van der Waals surface area contributed by atoms with Crippen LogP contribution in [0.3, 0.4) is 0 Å². The van der Waals surface area contributed by atoms with E-state index < -0.39 is 23.3 Å². The number of hydrogen-bond donors (Lipinski definition) is 1. The van der Waals surface area contributed by atoms with Crippen LogP contribution in [-0.4, -0.2) is 9.55 Å². The molecule has 2 nitrogen and oxygen atoms in total. The Morgan fingerprint density at radius 1 is 0.952 bits per heavy atom. The number of benzene rings is 2. The van der Waals surface area contributed by atoms with E-state index in [9.17, 15) is 17.6 Å². The van der Waals surface area contributed by atoms with Crippen molar-refractivity contribution in [2.45, 2.75) is 6.54 Å². The zero-order valence-corrected chi connectivity index (χ0v) is 11.3. The number of rotatable bonds is 2. The monoisotopic (exact) mass is 312 g/mol. The van der Waals surface area contributed by atoms with E-state index in [0.717, 1.165) is 30.3 Å². The van der Waals surface area contributed by atoms with Gasteiger partial charge in [-0.15, -0.1) is 0 Å². The largest absolute Gasteiger partial charge is 0.328 e. The molecule has 108 valence electrons. The zero-order valence-electron chi connectivity index (χ0n) is 10.5. The number of hydrogen-bond acceptors (Lipinski definition) is 1. The third kappa shape index (κ3) is 2.44. The van der Waals surface area contributed by atoms with Gasteiger partial charge in [0.2, 0.25) is 0 Å². The van der Waals surface area contributed by atoms with Crippen LogP contribution in [0.25, 0.3) is 11.0 Å². The summed E-state index contributed by atoms with van der Waals surface area (Å²) in [6, 6.07) is 4.81.